The molecule has 4 rings (SSSR count). The van der Waals surface area contributed by atoms with Gasteiger partial charge in [0.1, 0.15) is 10.8 Å². The van der Waals surface area contributed by atoms with E-state index in [2.05, 4.69) is 15.5 Å². The molecule has 3 aromatic rings. The zero-order chi connectivity index (χ0) is 21.8. The van der Waals surface area contributed by atoms with Gasteiger partial charge in [-0.15, -0.1) is 10.2 Å². The van der Waals surface area contributed by atoms with Gasteiger partial charge in [-0.05, 0) is 55.7 Å². The topological polar surface area (TPSA) is 84.4 Å². The van der Waals surface area contributed by atoms with Crippen LogP contribution in [-0.2, 0) is 4.79 Å². The number of anilines is 1. The van der Waals surface area contributed by atoms with E-state index in [0.29, 0.717) is 28.0 Å². The van der Waals surface area contributed by atoms with Crippen LogP contribution in [0.4, 0.5) is 5.69 Å². The average Bonchev–Trinajstić information content (AvgIpc) is 3.41. The van der Waals surface area contributed by atoms with Crippen LogP contribution in [0.25, 0.3) is 0 Å². The maximum Gasteiger partial charge on any atom is 0.286 e. The van der Waals surface area contributed by atoms with Crippen molar-refractivity contribution < 1.29 is 14.3 Å². The third kappa shape index (κ3) is 5.21. The highest BCUT2D eigenvalue weighted by Crippen LogP contribution is 2.34. The van der Waals surface area contributed by atoms with Gasteiger partial charge in [-0.2, -0.15) is 0 Å². The number of aromatic nitrogens is 2. The van der Waals surface area contributed by atoms with Crippen LogP contribution in [0.2, 0.25) is 5.02 Å². The molecule has 31 heavy (non-hydrogen) atoms. The van der Waals surface area contributed by atoms with E-state index in [1.807, 2.05) is 31.2 Å². The number of rotatable bonds is 6. The van der Waals surface area contributed by atoms with Gasteiger partial charge in [0, 0.05) is 17.3 Å². The lowest BCUT2D eigenvalue weighted by Gasteiger charge is -2.22. The molecular weight excluding hydrogens is 436 g/mol. The van der Waals surface area contributed by atoms with Gasteiger partial charge in [0.25, 0.3) is 11.8 Å². The summed E-state index contributed by atoms with van der Waals surface area (Å²) >= 11 is 7.16. The molecule has 1 atom stereocenters. The minimum Gasteiger partial charge on any atom is -0.484 e. The minimum atomic E-state index is -0.357. The molecule has 160 valence electrons. The third-order valence-electron chi connectivity index (χ3n) is 4.93. The van der Waals surface area contributed by atoms with Crippen molar-refractivity contribution in [2.24, 2.45) is 0 Å². The first-order chi connectivity index (χ1) is 15.0. The number of hydrogen-bond acceptors (Lipinski definition) is 6. The number of likely N-dealkylation sites (tertiary alicyclic amines) is 1. The van der Waals surface area contributed by atoms with Crippen LogP contribution in [0.15, 0.2) is 48.5 Å². The lowest BCUT2D eigenvalue weighted by molar-refractivity contribution is -0.134. The van der Waals surface area contributed by atoms with Crippen LogP contribution in [0.1, 0.15) is 39.3 Å². The second kappa shape index (κ2) is 9.45. The maximum absolute atomic E-state index is 12.8. The third-order valence-corrected chi connectivity index (χ3v) is 6.19. The summed E-state index contributed by atoms with van der Waals surface area (Å²) < 4.78 is 5.67. The number of nitrogens with one attached hydrogen (secondary N) is 1. The van der Waals surface area contributed by atoms with E-state index in [4.69, 9.17) is 16.3 Å². The van der Waals surface area contributed by atoms with Crippen molar-refractivity contribution in [3.05, 3.63) is 69.1 Å². The average molecular weight is 457 g/mol. The van der Waals surface area contributed by atoms with Gasteiger partial charge in [-0.1, -0.05) is 41.1 Å². The zero-order valence-electron chi connectivity index (χ0n) is 16.9. The predicted octanol–water partition coefficient (Wildman–Crippen LogP) is 4.49. The fraction of sp³-hybridized carbons (Fsp3) is 0.273. The molecule has 0 saturated carbocycles. The van der Waals surface area contributed by atoms with E-state index in [0.717, 1.165) is 18.4 Å². The summed E-state index contributed by atoms with van der Waals surface area (Å²) in [7, 11) is 0. The molecule has 1 saturated heterocycles. The fourth-order valence-corrected chi connectivity index (χ4v) is 4.54. The monoisotopic (exact) mass is 456 g/mol. The maximum atomic E-state index is 12.8. The summed E-state index contributed by atoms with van der Waals surface area (Å²) in [6, 6.07) is 14.3. The number of hydrogen-bond donors (Lipinski definition) is 1. The summed E-state index contributed by atoms with van der Waals surface area (Å²) in [5.41, 5.74) is 1.65. The fourth-order valence-electron chi connectivity index (χ4n) is 3.47. The number of carbonyl (C=O) groups excluding carboxylic acids is 2. The summed E-state index contributed by atoms with van der Waals surface area (Å²) in [4.78, 5) is 27.0. The molecule has 2 heterocycles. The summed E-state index contributed by atoms with van der Waals surface area (Å²) in [5.74, 6) is 0.203. The van der Waals surface area contributed by atoms with Crippen molar-refractivity contribution in [1.82, 2.24) is 15.1 Å². The van der Waals surface area contributed by atoms with Gasteiger partial charge in [-0.3, -0.25) is 9.59 Å². The molecule has 7 nitrogen and oxygen atoms in total. The van der Waals surface area contributed by atoms with Gasteiger partial charge in [0.15, 0.2) is 6.61 Å². The first-order valence-corrected chi connectivity index (χ1v) is 11.1. The zero-order valence-corrected chi connectivity index (χ0v) is 18.4. The van der Waals surface area contributed by atoms with Gasteiger partial charge in [0.05, 0.1) is 6.04 Å². The van der Waals surface area contributed by atoms with E-state index in [-0.39, 0.29) is 29.5 Å². The van der Waals surface area contributed by atoms with E-state index in [1.165, 1.54) is 11.3 Å². The van der Waals surface area contributed by atoms with E-state index in [9.17, 15) is 9.59 Å². The number of carbonyl (C=O) groups is 2. The van der Waals surface area contributed by atoms with E-state index in [1.54, 1.807) is 29.2 Å². The van der Waals surface area contributed by atoms with Crippen LogP contribution in [0.3, 0.4) is 0 Å². The molecule has 0 bridgehead atoms. The van der Waals surface area contributed by atoms with E-state index >= 15 is 0 Å². The van der Waals surface area contributed by atoms with Crippen molar-refractivity contribution in [3.8, 4) is 5.75 Å². The van der Waals surface area contributed by atoms with Crippen molar-refractivity contribution in [3.63, 3.8) is 0 Å². The minimum absolute atomic E-state index is 0.0408. The Bertz CT molecular complexity index is 1100. The molecule has 2 amide bonds. The second-order valence-corrected chi connectivity index (χ2v) is 8.71. The second-order valence-electron chi connectivity index (χ2n) is 7.26. The van der Waals surface area contributed by atoms with Gasteiger partial charge >= 0.3 is 0 Å². The van der Waals surface area contributed by atoms with Crippen LogP contribution in [0, 0.1) is 6.92 Å². The van der Waals surface area contributed by atoms with Crippen LogP contribution in [-0.4, -0.2) is 40.1 Å². The number of benzene rings is 2. The smallest absolute Gasteiger partial charge is 0.286 e. The van der Waals surface area contributed by atoms with Crippen molar-refractivity contribution in [1.29, 1.82) is 0 Å². The number of aryl methyl sites for hydroxylation is 1. The first-order valence-electron chi connectivity index (χ1n) is 9.89. The van der Waals surface area contributed by atoms with Crippen molar-refractivity contribution in [2.75, 3.05) is 18.5 Å². The highest BCUT2D eigenvalue weighted by atomic mass is 35.5. The molecular formula is C22H21ClN4O3S. The Morgan fingerprint density at radius 2 is 2.06 bits per heavy atom. The quantitative estimate of drug-likeness (QED) is 0.590. The summed E-state index contributed by atoms with van der Waals surface area (Å²) in [5, 5.41) is 12.4. The number of amides is 2. The van der Waals surface area contributed by atoms with Gasteiger partial charge in [0.2, 0.25) is 5.01 Å². The molecule has 1 aliphatic heterocycles. The van der Waals surface area contributed by atoms with Crippen LogP contribution in [0.5, 0.6) is 5.75 Å². The molecule has 1 fully saturated rings. The standard InChI is InChI=1S/C22H21ClN4O3S/c1-14-5-2-8-17(11-14)30-13-19(28)27-10-4-9-18(27)21-25-26-22(31-21)20(29)24-16-7-3-6-15(23)12-16/h2-3,5-8,11-12,18H,4,9-10,13H2,1H3,(H,24,29)/t18-/m0/s1. The lowest BCUT2D eigenvalue weighted by Crippen LogP contribution is -2.34. The Kier molecular flexibility index (Phi) is 6.48. The molecule has 9 heteroatoms. The Morgan fingerprint density at radius 3 is 2.87 bits per heavy atom. The highest BCUT2D eigenvalue weighted by molar-refractivity contribution is 7.13. The highest BCUT2D eigenvalue weighted by Gasteiger charge is 2.33. The predicted molar refractivity (Wildman–Crippen MR) is 120 cm³/mol. The molecule has 0 unspecified atom stereocenters. The number of nitrogens with zero attached hydrogens (tertiary/aromatic N) is 3. The normalized spacial score (nSPS) is 15.7. The lowest BCUT2D eigenvalue weighted by atomic mass is 10.2. The largest absolute Gasteiger partial charge is 0.484 e. The first kappa shape index (κ1) is 21.3. The summed E-state index contributed by atoms with van der Waals surface area (Å²) in [6.07, 6.45) is 1.64. The van der Waals surface area contributed by atoms with Gasteiger partial charge < -0.3 is 15.0 Å². The Morgan fingerprint density at radius 1 is 1.23 bits per heavy atom. The van der Waals surface area contributed by atoms with E-state index < -0.39 is 0 Å². The Labute approximate surface area is 189 Å². The molecule has 0 spiro atoms. The molecule has 1 aromatic heterocycles. The van der Waals surface area contributed by atoms with Crippen molar-refractivity contribution in [2.45, 2.75) is 25.8 Å². The molecule has 0 aliphatic carbocycles. The van der Waals surface area contributed by atoms with Crippen molar-refractivity contribution >= 4 is 40.4 Å². The molecule has 1 N–H and O–H groups in total. The number of halogens is 1. The Hall–Kier alpha value is -2.97. The Balaban J connectivity index is 1.40. The SMILES string of the molecule is Cc1cccc(OCC(=O)N2CCC[C@H]2c2nnc(C(=O)Nc3cccc(Cl)c3)s2)c1. The van der Waals surface area contributed by atoms with Crippen LogP contribution >= 0.6 is 22.9 Å². The number of ether oxygens (including phenoxy) is 1. The van der Waals surface area contributed by atoms with Gasteiger partial charge in [-0.25, -0.2) is 0 Å². The molecule has 1 aliphatic rings. The molecule has 0 radical (unpaired) electrons. The van der Waals surface area contributed by atoms with Crippen LogP contribution < -0.4 is 10.1 Å². The molecule has 2 aromatic carbocycles. The summed E-state index contributed by atoms with van der Waals surface area (Å²) in [6.45, 7) is 2.56.